The maximum Gasteiger partial charge on any atom is 0.324 e. The summed E-state index contributed by atoms with van der Waals surface area (Å²) in [6.45, 7) is 0. The monoisotopic (exact) mass is 329 g/mol. The third kappa shape index (κ3) is 3.14. The van der Waals surface area contributed by atoms with Crippen molar-refractivity contribution >= 4 is 17.4 Å². The van der Waals surface area contributed by atoms with Gasteiger partial charge in [-0.25, -0.2) is 4.79 Å². The molecule has 3 aromatic rings. The van der Waals surface area contributed by atoms with Gasteiger partial charge < -0.3 is 10.8 Å². The number of primary amides is 1. The molecule has 0 saturated carbocycles. The largest absolute Gasteiger partial charge is 0.506 e. The molecule has 0 fully saturated rings. The van der Waals surface area contributed by atoms with E-state index in [1.807, 2.05) is 48.5 Å². The highest BCUT2D eigenvalue weighted by molar-refractivity contribution is 6.03. The van der Waals surface area contributed by atoms with Gasteiger partial charge in [-0.2, -0.15) is 5.26 Å². The molecule has 0 heterocycles. The third-order valence-corrected chi connectivity index (χ3v) is 3.80. The predicted molar refractivity (Wildman–Crippen MR) is 96.4 cm³/mol. The molecule has 3 rings (SSSR count). The number of hydrogen-bond acceptors (Lipinski definition) is 3. The fourth-order valence-electron chi connectivity index (χ4n) is 2.68. The number of nitrogens with zero attached hydrogens (tertiary/aromatic N) is 2. The standard InChI is InChI=1S/C20H15N3O2/c21-13-14-10-11-18(19(24)12-14)23(20(22)25)17-9-5-4-8-16(17)15-6-2-1-3-7-15/h1-12,24H,(H2,22,25). The summed E-state index contributed by atoms with van der Waals surface area (Å²) in [4.78, 5) is 13.4. The summed E-state index contributed by atoms with van der Waals surface area (Å²) in [6.07, 6.45) is 0. The van der Waals surface area contributed by atoms with E-state index < -0.39 is 6.03 Å². The number of carbonyl (C=O) groups excluding carboxylic acids is 1. The lowest BCUT2D eigenvalue weighted by Gasteiger charge is -2.24. The van der Waals surface area contributed by atoms with E-state index in [-0.39, 0.29) is 11.4 Å². The van der Waals surface area contributed by atoms with Gasteiger partial charge in [0.25, 0.3) is 0 Å². The van der Waals surface area contributed by atoms with Crippen molar-refractivity contribution in [1.82, 2.24) is 0 Å². The summed E-state index contributed by atoms with van der Waals surface area (Å²) >= 11 is 0. The van der Waals surface area contributed by atoms with Crippen LogP contribution in [0.2, 0.25) is 0 Å². The van der Waals surface area contributed by atoms with E-state index >= 15 is 0 Å². The van der Waals surface area contributed by atoms with Gasteiger partial charge in [0.15, 0.2) is 0 Å². The summed E-state index contributed by atoms with van der Waals surface area (Å²) in [5, 5.41) is 19.2. The Hall–Kier alpha value is -3.78. The first-order valence-electron chi connectivity index (χ1n) is 7.59. The van der Waals surface area contributed by atoms with Crippen LogP contribution in [0.15, 0.2) is 72.8 Å². The first kappa shape index (κ1) is 16.1. The Morgan fingerprint density at radius 2 is 1.64 bits per heavy atom. The normalized spacial score (nSPS) is 10.0. The van der Waals surface area contributed by atoms with Gasteiger partial charge in [0, 0.05) is 5.56 Å². The van der Waals surface area contributed by atoms with Gasteiger partial charge in [0.1, 0.15) is 5.75 Å². The van der Waals surface area contributed by atoms with Crippen LogP contribution in [0.3, 0.4) is 0 Å². The second-order valence-electron chi connectivity index (χ2n) is 5.37. The molecule has 122 valence electrons. The van der Waals surface area contributed by atoms with Crippen LogP contribution in [0.25, 0.3) is 11.1 Å². The van der Waals surface area contributed by atoms with Crippen LogP contribution in [-0.2, 0) is 0 Å². The number of phenolic OH excluding ortho intramolecular Hbond substituents is 1. The number of urea groups is 1. The second-order valence-corrected chi connectivity index (χ2v) is 5.37. The highest BCUT2D eigenvalue weighted by Gasteiger charge is 2.21. The van der Waals surface area contributed by atoms with Gasteiger partial charge in [-0.1, -0.05) is 48.5 Å². The summed E-state index contributed by atoms with van der Waals surface area (Å²) in [7, 11) is 0. The zero-order valence-electron chi connectivity index (χ0n) is 13.3. The Bertz CT molecular complexity index is 962. The predicted octanol–water partition coefficient (Wildman–Crippen LogP) is 4.15. The Balaban J connectivity index is 2.19. The van der Waals surface area contributed by atoms with Gasteiger partial charge in [-0.15, -0.1) is 0 Å². The van der Waals surface area contributed by atoms with Crippen LogP contribution < -0.4 is 10.6 Å². The average molecular weight is 329 g/mol. The average Bonchev–Trinajstić information content (AvgIpc) is 2.64. The molecule has 25 heavy (non-hydrogen) atoms. The van der Waals surface area contributed by atoms with Crippen molar-refractivity contribution in [3.05, 3.63) is 78.4 Å². The number of aromatic hydroxyl groups is 1. The minimum absolute atomic E-state index is 0.194. The SMILES string of the molecule is N#Cc1ccc(N(C(N)=O)c2ccccc2-c2ccccc2)c(O)c1. The Labute approximate surface area is 145 Å². The fraction of sp³-hybridized carbons (Fsp3) is 0. The van der Waals surface area contributed by atoms with E-state index in [1.165, 1.54) is 23.1 Å². The lowest BCUT2D eigenvalue weighted by atomic mass is 10.0. The van der Waals surface area contributed by atoms with Crippen molar-refractivity contribution < 1.29 is 9.90 Å². The van der Waals surface area contributed by atoms with Gasteiger partial charge in [-0.05, 0) is 29.8 Å². The van der Waals surface area contributed by atoms with Gasteiger partial charge in [0.2, 0.25) is 0 Å². The van der Waals surface area contributed by atoms with Crippen LogP contribution in [-0.4, -0.2) is 11.1 Å². The Morgan fingerprint density at radius 1 is 0.960 bits per heavy atom. The third-order valence-electron chi connectivity index (χ3n) is 3.80. The smallest absolute Gasteiger partial charge is 0.324 e. The van der Waals surface area contributed by atoms with E-state index in [0.29, 0.717) is 11.3 Å². The first-order chi connectivity index (χ1) is 12.1. The number of amides is 2. The van der Waals surface area contributed by atoms with Crippen molar-refractivity contribution in [2.24, 2.45) is 5.73 Å². The minimum atomic E-state index is -0.733. The fourth-order valence-corrected chi connectivity index (χ4v) is 2.68. The molecule has 0 atom stereocenters. The van der Waals surface area contributed by atoms with Crippen molar-refractivity contribution in [3.8, 4) is 22.9 Å². The lowest BCUT2D eigenvalue weighted by Crippen LogP contribution is -2.31. The van der Waals surface area contributed by atoms with E-state index in [9.17, 15) is 9.90 Å². The van der Waals surface area contributed by atoms with E-state index in [0.717, 1.165) is 11.1 Å². The number of benzene rings is 3. The molecule has 0 saturated heterocycles. The first-order valence-corrected chi connectivity index (χ1v) is 7.59. The molecule has 3 N–H and O–H groups in total. The summed E-state index contributed by atoms with van der Waals surface area (Å²) in [6, 6.07) is 22.4. The number of anilines is 2. The molecule has 5 nitrogen and oxygen atoms in total. The minimum Gasteiger partial charge on any atom is -0.506 e. The maximum absolute atomic E-state index is 12.2. The zero-order valence-corrected chi connectivity index (χ0v) is 13.3. The van der Waals surface area contributed by atoms with Crippen LogP contribution in [0.5, 0.6) is 5.75 Å². The molecule has 0 aliphatic carbocycles. The quantitative estimate of drug-likeness (QED) is 0.756. The Kier molecular flexibility index (Phi) is 4.36. The number of phenols is 1. The number of para-hydroxylation sites is 1. The van der Waals surface area contributed by atoms with Crippen LogP contribution in [0.4, 0.5) is 16.2 Å². The molecule has 5 heteroatoms. The van der Waals surface area contributed by atoms with Crippen LogP contribution in [0.1, 0.15) is 5.56 Å². The molecule has 0 aliphatic rings. The van der Waals surface area contributed by atoms with Crippen molar-refractivity contribution in [1.29, 1.82) is 5.26 Å². The summed E-state index contributed by atoms with van der Waals surface area (Å²) < 4.78 is 0. The highest BCUT2D eigenvalue weighted by atomic mass is 16.3. The number of carbonyl (C=O) groups is 1. The van der Waals surface area contributed by atoms with Crippen molar-refractivity contribution in [2.75, 3.05) is 4.90 Å². The Morgan fingerprint density at radius 3 is 2.28 bits per heavy atom. The molecular weight excluding hydrogens is 314 g/mol. The van der Waals surface area contributed by atoms with E-state index in [4.69, 9.17) is 11.0 Å². The number of nitriles is 1. The maximum atomic E-state index is 12.2. The van der Waals surface area contributed by atoms with Gasteiger partial charge >= 0.3 is 6.03 Å². The van der Waals surface area contributed by atoms with Crippen molar-refractivity contribution in [2.45, 2.75) is 0 Å². The molecule has 0 spiro atoms. The molecule has 0 aliphatic heterocycles. The molecule has 0 radical (unpaired) electrons. The number of hydrogen-bond donors (Lipinski definition) is 2. The van der Waals surface area contributed by atoms with Gasteiger partial charge in [-0.3, -0.25) is 4.90 Å². The number of nitrogens with two attached hydrogens (primary N) is 1. The van der Waals surface area contributed by atoms with E-state index in [1.54, 1.807) is 12.1 Å². The van der Waals surface area contributed by atoms with Crippen LogP contribution >= 0.6 is 0 Å². The summed E-state index contributed by atoms with van der Waals surface area (Å²) in [5.74, 6) is -0.194. The molecular formula is C20H15N3O2. The lowest BCUT2D eigenvalue weighted by molar-refractivity contribution is 0.256. The highest BCUT2D eigenvalue weighted by Crippen LogP contribution is 2.38. The summed E-state index contributed by atoms with van der Waals surface area (Å²) in [5.41, 5.74) is 8.36. The molecule has 0 unspecified atom stereocenters. The number of rotatable bonds is 3. The molecule has 3 aromatic carbocycles. The topological polar surface area (TPSA) is 90.4 Å². The second kappa shape index (κ2) is 6.77. The molecule has 0 aromatic heterocycles. The molecule has 2 amide bonds. The van der Waals surface area contributed by atoms with Gasteiger partial charge in [0.05, 0.1) is 23.0 Å². The van der Waals surface area contributed by atoms with Crippen molar-refractivity contribution in [3.63, 3.8) is 0 Å². The van der Waals surface area contributed by atoms with Crippen LogP contribution in [0, 0.1) is 11.3 Å². The molecule has 0 bridgehead atoms. The van der Waals surface area contributed by atoms with E-state index in [2.05, 4.69) is 0 Å². The zero-order chi connectivity index (χ0) is 17.8.